The van der Waals surface area contributed by atoms with Gasteiger partial charge in [0.05, 0.1) is 5.56 Å². The Morgan fingerprint density at radius 3 is 2.75 bits per heavy atom. The second kappa shape index (κ2) is 5.85. The lowest BCUT2D eigenvalue weighted by atomic mass is 10.1. The molecule has 2 rings (SSSR count). The van der Waals surface area contributed by atoms with Crippen LogP contribution in [0.2, 0.25) is 0 Å². The van der Waals surface area contributed by atoms with Gasteiger partial charge in [-0.15, -0.1) is 0 Å². The minimum Gasteiger partial charge on any atom is -0.339 e. The molecule has 1 amide bonds. The highest BCUT2D eigenvalue weighted by atomic mass is 16.1. The first-order valence-corrected chi connectivity index (χ1v) is 6.10. The zero-order valence-electron chi connectivity index (χ0n) is 11.3. The molecule has 5 heteroatoms. The van der Waals surface area contributed by atoms with Crippen molar-refractivity contribution in [3.8, 4) is 6.07 Å². The van der Waals surface area contributed by atoms with E-state index in [0.717, 1.165) is 11.3 Å². The molecule has 0 bridgehead atoms. The Labute approximate surface area is 117 Å². The van der Waals surface area contributed by atoms with E-state index in [-0.39, 0.29) is 5.91 Å². The molecule has 0 unspecified atom stereocenters. The molecule has 0 aliphatic carbocycles. The van der Waals surface area contributed by atoms with Crippen LogP contribution in [-0.2, 0) is 4.79 Å². The number of pyridine rings is 1. The Hall–Kier alpha value is -2.87. The largest absolute Gasteiger partial charge is 0.339 e. The van der Waals surface area contributed by atoms with Gasteiger partial charge in [-0.25, -0.2) is 4.98 Å². The van der Waals surface area contributed by atoms with E-state index in [1.54, 1.807) is 24.4 Å². The van der Waals surface area contributed by atoms with Crippen LogP contribution in [0.4, 0.5) is 17.2 Å². The van der Waals surface area contributed by atoms with E-state index < -0.39 is 0 Å². The van der Waals surface area contributed by atoms with Crippen LogP contribution >= 0.6 is 0 Å². The van der Waals surface area contributed by atoms with Gasteiger partial charge in [0.2, 0.25) is 5.91 Å². The highest BCUT2D eigenvalue weighted by Gasteiger charge is 2.07. The third-order valence-corrected chi connectivity index (χ3v) is 2.72. The fourth-order valence-corrected chi connectivity index (χ4v) is 1.81. The Bertz CT molecular complexity index is 689. The predicted octanol–water partition coefficient (Wildman–Crippen LogP) is 2.96. The lowest BCUT2D eigenvalue weighted by molar-refractivity contribution is -0.114. The number of nitrogens with zero attached hydrogens (tertiary/aromatic N) is 2. The molecule has 0 fully saturated rings. The van der Waals surface area contributed by atoms with Crippen LogP contribution in [0.5, 0.6) is 0 Å². The summed E-state index contributed by atoms with van der Waals surface area (Å²) in [6.07, 6.45) is 1.65. The van der Waals surface area contributed by atoms with E-state index in [9.17, 15) is 4.79 Å². The molecule has 0 radical (unpaired) electrons. The molecular weight excluding hydrogens is 252 g/mol. The lowest BCUT2D eigenvalue weighted by Crippen LogP contribution is -2.06. The molecule has 100 valence electrons. The SMILES string of the molecule is CC(=O)Nc1cccc(Nc2nccc(C)c2C#N)c1. The molecule has 2 N–H and O–H groups in total. The molecule has 0 aliphatic rings. The maximum atomic E-state index is 11.0. The Morgan fingerprint density at radius 1 is 1.30 bits per heavy atom. The van der Waals surface area contributed by atoms with Crippen molar-refractivity contribution in [2.24, 2.45) is 0 Å². The van der Waals surface area contributed by atoms with Gasteiger partial charge in [-0.1, -0.05) is 6.07 Å². The molecule has 5 nitrogen and oxygen atoms in total. The van der Waals surface area contributed by atoms with E-state index in [0.29, 0.717) is 17.1 Å². The first kappa shape index (κ1) is 13.6. The van der Waals surface area contributed by atoms with Gasteiger partial charge in [0, 0.05) is 24.5 Å². The van der Waals surface area contributed by atoms with E-state index in [2.05, 4.69) is 21.7 Å². The fraction of sp³-hybridized carbons (Fsp3) is 0.133. The number of amides is 1. The molecule has 0 saturated heterocycles. The number of aryl methyl sites for hydroxylation is 1. The Morgan fingerprint density at radius 2 is 2.05 bits per heavy atom. The highest BCUT2D eigenvalue weighted by molar-refractivity contribution is 5.89. The third kappa shape index (κ3) is 3.12. The summed E-state index contributed by atoms with van der Waals surface area (Å²) < 4.78 is 0. The van der Waals surface area contributed by atoms with Crippen molar-refractivity contribution in [3.05, 3.63) is 47.7 Å². The third-order valence-electron chi connectivity index (χ3n) is 2.72. The zero-order valence-corrected chi connectivity index (χ0v) is 11.3. The van der Waals surface area contributed by atoms with Gasteiger partial charge in [-0.2, -0.15) is 5.26 Å². The molecule has 20 heavy (non-hydrogen) atoms. The average Bonchev–Trinajstić information content (AvgIpc) is 2.38. The maximum Gasteiger partial charge on any atom is 0.221 e. The van der Waals surface area contributed by atoms with E-state index >= 15 is 0 Å². The summed E-state index contributed by atoms with van der Waals surface area (Å²) >= 11 is 0. The summed E-state index contributed by atoms with van der Waals surface area (Å²) in [5, 5.41) is 15.0. The van der Waals surface area contributed by atoms with Crippen molar-refractivity contribution >= 4 is 23.1 Å². The monoisotopic (exact) mass is 266 g/mol. The molecule has 1 aromatic carbocycles. The van der Waals surface area contributed by atoms with Crippen LogP contribution in [-0.4, -0.2) is 10.9 Å². The number of anilines is 3. The second-order valence-electron chi connectivity index (χ2n) is 4.35. The Balaban J connectivity index is 2.29. The van der Waals surface area contributed by atoms with Crippen molar-refractivity contribution in [2.45, 2.75) is 13.8 Å². The predicted molar refractivity (Wildman–Crippen MR) is 77.7 cm³/mol. The van der Waals surface area contributed by atoms with Gasteiger partial charge >= 0.3 is 0 Å². The van der Waals surface area contributed by atoms with Gasteiger partial charge < -0.3 is 10.6 Å². The van der Waals surface area contributed by atoms with Crippen LogP contribution in [0.15, 0.2) is 36.5 Å². The molecule has 2 aromatic rings. The molecule has 0 spiro atoms. The van der Waals surface area contributed by atoms with Crippen molar-refractivity contribution < 1.29 is 4.79 Å². The summed E-state index contributed by atoms with van der Waals surface area (Å²) in [4.78, 5) is 15.2. The number of aromatic nitrogens is 1. The number of rotatable bonds is 3. The van der Waals surface area contributed by atoms with Crippen molar-refractivity contribution in [1.82, 2.24) is 4.98 Å². The molecule has 1 heterocycles. The highest BCUT2D eigenvalue weighted by Crippen LogP contribution is 2.22. The average molecular weight is 266 g/mol. The first-order valence-electron chi connectivity index (χ1n) is 6.10. The topological polar surface area (TPSA) is 77.8 Å². The number of hydrogen-bond donors (Lipinski definition) is 2. The number of carbonyl (C=O) groups is 1. The summed E-state index contributed by atoms with van der Waals surface area (Å²) in [6.45, 7) is 3.31. The lowest BCUT2D eigenvalue weighted by Gasteiger charge is -2.10. The van der Waals surface area contributed by atoms with Crippen LogP contribution in [0.1, 0.15) is 18.1 Å². The number of benzene rings is 1. The maximum absolute atomic E-state index is 11.0. The van der Waals surface area contributed by atoms with Crippen LogP contribution in [0.3, 0.4) is 0 Å². The van der Waals surface area contributed by atoms with Crippen molar-refractivity contribution in [1.29, 1.82) is 5.26 Å². The fourth-order valence-electron chi connectivity index (χ4n) is 1.81. The van der Waals surface area contributed by atoms with Crippen molar-refractivity contribution in [3.63, 3.8) is 0 Å². The molecule has 1 aromatic heterocycles. The minimum atomic E-state index is -0.131. The van der Waals surface area contributed by atoms with Gasteiger partial charge in [0.1, 0.15) is 11.9 Å². The first-order chi connectivity index (χ1) is 9.60. The van der Waals surface area contributed by atoms with Crippen molar-refractivity contribution in [2.75, 3.05) is 10.6 Å². The molecular formula is C15H14N4O. The standard InChI is InChI=1S/C15H14N4O/c1-10-6-7-17-15(14(10)9-16)19-13-5-3-4-12(8-13)18-11(2)20/h3-8H,1-2H3,(H,17,19)(H,18,20). The van der Waals surface area contributed by atoms with Gasteiger partial charge in [0.25, 0.3) is 0 Å². The number of carbonyl (C=O) groups excluding carboxylic acids is 1. The summed E-state index contributed by atoms with van der Waals surface area (Å²) in [5.41, 5.74) is 2.82. The zero-order chi connectivity index (χ0) is 14.5. The Kier molecular flexibility index (Phi) is 3.96. The number of nitriles is 1. The smallest absolute Gasteiger partial charge is 0.221 e. The normalized spacial score (nSPS) is 9.65. The summed E-state index contributed by atoms with van der Waals surface area (Å²) in [7, 11) is 0. The van der Waals surface area contributed by atoms with Crippen LogP contribution < -0.4 is 10.6 Å². The van der Waals surface area contributed by atoms with E-state index in [1.165, 1.54) is 6.92 Å². The summed E-state index contributed by atoms with van der Waals surface area (Å²) in [5.74, 6) is 0.376. The van der Waals surface area contributed by atoms with Gasteiger partial charge in [0.15, 0.2) is 0 Å². The van der Waals surface area contributed by atoms with Gasteiger partial charge in [-0.05, 0) is 36.8 Å². The van der Waals surface area contributed by atoms with Gasteiger partial charge in [-0.3, -0.25) is 4.79 Å². The molecule has 0 aliphatic heterocycles. The van der Waals surface area contributed by atoms with E-state index in [4.69, 9.17) is 5.26 Å². The minimum absolute atomic E-state index is 0.131. The second-order valence-corrected chi connectivity index (χ2v) is 4.35. The van der Waals surface area contributed by atoms with Crippen LogP contribution in [0, 0.1) is 18.3 Å². The number of hydrogen-bond acceptors (Lipinski definition) is 4. The quantitative estimate of drug-likeness (QED) is 0.895. The number of nitrogens with one attached hydrogen (secondary N) is 2. The van der Waals surface area contributed by atoms with E-state index in [1.807, 2.05) is 19.1 Å². The molecule has 0 atom stereocenters. The molecule has 0 saturated carbocycles. The summed E-state index contributed by atoms with van der Waals surface area (Å²) in [6, 6.07) is 11.2. The van der Waals surface area contributed by atoms with Crippen LogP contribution in [0.25, 0.3) is 0 Å².